The van der Waals surface area contributed by atoms with Crippen LogP contribution in [0.1, 0.15) is 57.2 Å². The van der Waals surface area contributed by atoms with Gasteiger partial charge in [-0.05, 0) is 79.3 Å². The molecule has 0 bridgehead atoms. The Morgan fingerprint density at radius 3 is 2.77 bits per heavy atom. The number of hydrogen-bond donors (Lipinski definition) is 1. The topological polar surface area (TPSA) is 50.2 Å². The third-order valence-corrected chi connectivity index (χ3v) is 7.16. The molecule has 0 aliphatic heterocycles. The zero-order chi connectivity index (χ0) is 22.2. The van der Waals surface area contributed by atoms with Crippen molar-refractivity contribution in [1.29, 1.82) is 0 Å². The van der Waals surface area contributed by atoms with E-state index in [1.54, 1.807) is 31.1 Å². The van der Waals surface area contributed by atoms with E-state index < -0.39 is 0 Å². The van der Waals surface area contributed by atoms with Crippen molar-refractivity contribution in [2.45, 2.75) is 58.4 Å². The number of allylic oxidation sites excluding steroid dienone is 1. The summed E-state index contributed by atoms with van der Waals surface area (Å²) in [4.78, 5) is 13.9. The second-order valence-electron chi connectivity index (χ2n) is 9.51. The van der Waals surface area contributed by atoms with E-state index in [1.807, 2.05) is 10.9 Å². The fourth-order valence-corrected chi connectivity index (χ4v) is 5.34. The molecule has 1 N–H and O–H groups in total. The van der Waals surface area contributed by atoms with Gasteiger partial charge in [0.25, 0.3) is 0 Å². The molecule has 4 rings (SSSR count). The first-order chi connectivity index (χ1) is 14.8. The second kappa shape index (κ2) is 8.48. The van der Waals surface area contributed by atoms with Crippen molar-refractivity contribution in [3.05, 3.63) is 53.1 Å². The van der Waals surface area contributed by atoms with Crippen LogP contribution in [0.2, 0.25) is 0 Å². The largest absolute Gasteiger partial charge is 0.335 e. The number of hydrogen-bond acceptors (Lipinski definition) is 2. The summed E-state index contributed by atoms with van der Waals surface area (Å²) in [6.45, 7) is 4.55. The van der Waals surface area contributed by atoms with Crippen molar-refractivity contribution in [2.75, 3.05) is 14.1 Å². The monoisotopic (exact) mass is 424 g/mol. The molecule has 1 aromatic heterocycles. The Morgan fingerprint density at radius 2 is 2.10 bits per heavy atom. The van der Waals surface area contributed by atoms with Crippen LogP contribution in [0, 0.1) is 17.2 Å². The lowest BCUT2D eigenvalue weighted by Gasteiger charge is -2.37. The molecule has 2 aliphatic rings. The molecule has 1 aromatic carbocycles. The summed E-state index contributed by atoms with van der Waals surface area (Å²) in [6.07, 6.45) is 10.5. The average Bonchev–Trinajstić information content (AvgIpc) is 3.27. The zero-order valence-electron chi connectivity index (χ0n) is 19.0. The van der Waals surface area contributed by atoms with Crippen molar-refractivity contribution in [1.82, 2.24) is 20.0 Å². The van der Waals surface area contributed by atoms with Gasteiger partial charge in [-0.2, -0.15) is 5.10 Å². The molecule has 2 amide bonds. The molecular formula is C25H33FN4O. The molecule has 1 fully saturated rings. The highest BCUT2D eigenvalue weighted by atomic mass is 19.1. The summed E-state index contributed by atoms with van der Waals surface area (Å²) in [7, 11) is 3.58. The van der Waals surface area contributed by atoms with E-state index in [1.165, 1.54) is 23.3 Å². The minimum Gasteiger partial charge on any atom is -0.335 e. The molecule has 1 saturated carbocycles. The fourth-order valence-electron chi connectivity index (χ4n) is 5.34. The van der Waals surface area contributed by atoms with E-state index in [-0.39, 0.29) is 23.3 Å². The number of benzene rings is 1. The Balaban J connectivity index is 1.56. The van der Waals surface area contributed by atoms with Crippen molar-refractivity contribution >= 4 is 12.1 Å². The Morgan fingerprint density at radius 1 is 1.35 bits per heavy atom. The van der Waals surface area contributed by atoms with Gasteiger partial charge in [-0.1, -0.05) is 25.8 Å². The van der Waals surface area contributed by atoms with Crippen LogP contribution in [0.15, 0.2) is 36.0 Å². The maximum absolute atomic E-state index is 13.3. The second-order valence-corrected chi connectivity index (χ2v) is 9.51. The summed E-state index contributed by atoms with van der Waals surface area (Å²) in [5.74, 6) is 0.289. The quantitative estimate of drug-likeness (QED) is 0.693. The smallest absolute Gasteiger partial charge is 0.317 e. The molecule has 166 valence electrons. The van der Waals surface area contributed by atoms with Crippen molar-refractivity contribution < 1.29 is 9.18 Å². The van der Waals surface area contributed by atoms with E-state index in [2.05, 4.69) is 30.3 Å². The standard InChI is InChI=1S/C25H33FN4O/c1-5-6-21(28-24(31)29(3)4)13-18-7-8-19-14-23-17(15-25(18,19)2)16-27-30(23)22-11-9-20(26)10-12-22/h9-12,14,16,18,21H,5-8,13,15H2,1-4H3,(H,28,31)/t18-,21?,25-/m1/s1. The highest BCUT2D eigenvalue weighted by Crippen LogP contribution is 2.54. The first-order valence-corrected chi connectivity index (χ1v) is 11.3. The molecule has 0 saturated heterocycles. The maximum atomic E-state index is 13.3. The third-order valence-electron chi connectivity index (χ3n) is 7.16. The Labute approximate surface area is 184 Å². The van der Waals surface area contributed by atoms with Gasteiger partial charge in [0, 0.05) is 20.1 Å². The summed E-state index contributed by atoms with van der Waals surface area (Å²) in [5, 5.41) is 7.84. The number of urea groups is 1. The van der Waals surface area contributed by atoms with Gasteiger partial charge in [0.05, 0.1) is 17.6 Å². The van der Waals surface area contributed by atoms with Gasteiger partial charge in [-0.15, -0.1) is 0 Å². The van der Waals surface area contributed by atoms with E-state index in [0.29, 0.717) is 5.92 Å². The zero-order valence-corrected chi connectivity index (χ0v) is 19.0. The van der Waals surface area contributed by atoms with Crippen molar-refractivity contribution in [3.63, 3.8) is 0 Å². The van der Waals surface area contributed by atoms with Gasteiger partial charge >= 0.3 is 6.03 Å². The van der Waals surface area contributed by atoms with Gasteiger partial charge in [-0.25, -0.2) is 13.9 Å². The number of nitrogens with zero attached hydrogens (tertiary/aromatic N) is 3. The summed E-state index contributed by atoms with van der Waals surface area (Å²) in [6, 6.07) is 6.69. The molecule has 2 aromatic rings. The highest BCUT2D eigenvalue weighted by Gasteiger charge is 2.46. The lowest BCUT2D eigenvalue weighted by atomic mass is 9.68. The van der Waals surface area contributed by atoms with E-state index in [9.17, 15) is 9.18 Å². The van der Waals surface area contributed by atoms with Crippen LogP contribution in [0.4, 0.5) is 9.18 Å². The predicted molar refractivity (Wildman–Crippen MR) is 122 cm³/mol. The third kappa shape index (κ3) is 4.12. The van der Waals surface area contributed by atoms with Crippen molar-refractivity contribution in [3.8, 4) is 5.69 Å². The van der Waals surface area contributed by atoms with Gasteiger partial charge in [-0.3, -0.25) is 0 Å². The van der Waals surface area contributed by atoms with Crippen LogP contribution in [-0.4, -0.2) is 40.8 Å². The van der Waals surface area contributed by atoms with Crippen LogP contribution >= 0.6 is 0 Å². The van der Waals surface area contributed by atoms with E-state index >= 15 is 0 Å². The molecule has 0 spiro atoms. The average molecular weight is 425 g/mol. The lowest BCUT2D eigenvalue weighted by molar-refractivity contribution is 0.197. The number of amides is 2. The van der Waals surface area contributed by atoms with Gasteiger partial charge < -0.3 is 10.2 Å². The number of carbonyl (C=O) groups excluding carboxylic acids is 1. The Kier molecular flexibility index (Phi) is 5.91. The summed E-state index contributed by atoms with van der Waals surface area (Å²) >= 11 is 0. The lowest BCUT2D eigenvalue weighted by Crippen LogP contribution is -2.43. The molecule has 31 heavy (non-hydrogen) atoms. The van der Waals surface area contributed by atoms with Crippen LogP contribution in [0.3, 0.4) is 0 Å². The minimum absolute atomic E-state index is 0.0103. The minimum atomic E-state index is -0.239. The number of rotatable bonds is 6. The van der Waals surface area contributed by atoms with Crippen LogP contribution in [0.25, 0.3) is 11.8 Å². The van der Waals surface area contributed by atoms with E-state index in [0.717, 1.165) is 49.9 Å². The van der Waals surface area contributed by atoms with Gasteiger partial charge in [0.1, 0.15) is 5.82 Å². The first kappa shape index (κ1) is 21.6. The molecule has 2 aliphatic carbocycles. The van der Waals surface area contributed by atoms with Crippen LogP contribution in [0.5, 0.6) is 0 Å². The summed E-state index contributed by atoms with van der Waals surface area (Å²) in [5.41, 5.74) is 4.81. The number of fused-ring (bicyclic) bond motifs is 2. The SMILES string of the molecule is CCCC(C[C@H]1CCC2=Cc3c(cnn3-c3ccc(F)cc3)C[C@@]21C)NC(=O)N(C)C. The molecule has 0 radical (unpaired) electrons. The van der Waals surface area contributed by atoms with Gasteiger partial charge in [0.15, 0.2) is 0 Å². The fraction of sp³-hybridized carbons (Fsp3) is 0.520. The Bertz CT molecular complexity index is 978. The maximum Gasteiger partial charge on any atom is 0.317 e. The molecular weight excluding hydrogens is 391 g/mol. The number of halogens is 1. The van der Waals surface area contributed by atoms with E-state index in [4.69, 9.17) is 0 Å². The molecule has 5 nitrogen and oxygen atoms in total. The number of aromatic nitrogens is 2. The summed E-state index contributed by atoms with van der Waals surface area (Å²) < 4.78 is 15.3. The predicted octanol–water partition coefficient (Wildman–Crippen LogP) is 5.20. The molecule has 3 atom stereocenters. The molecule has 1 unspecified atom stereocenters. The highest BCUT2D eigenvalue weighted by molar-refractivity contribution is 5.73. The first-order valence-electron chi connectivity index (χ1n) is 11.3. The number of carbonyl (C=O) groups is 1. The van der Waals surface area contributed by atoms with Gasteiger partial charge in [0.2, 0.25) is 0 Å². The normalized spacial score (nSPS) is 23.0. The molecule has 6 heteroatoms. The van der Waals surface area contributed by atoms with Crippen LogP contribution < -0.4 is 5.32 Å². The van der Waals surface area contributed by atoms with Crippen LogP contribution in [-0.2, 0) is 6.42 Å². The van der Waals surface area contributed by atoms with Crippen molar-refractivity contribution in [2.24, 2.45) is 11.3 Å². The Hall–Kier alpha value is -2.63. The molecule has 1 heterocycles. The number of nitrogens with one attached hydrogen (secondary N) is 1.